The highest BCUT2D eigenvalue weighted by Crippen LogP contribution is 2.26. The first-order chi connectivity index (χ1) is 8.38. The third-order valence-electron chi connectivity index (χ3n) is 3.31. The van der Waals surface area contributed by atoms with Gasteiger partial charge in [0.05, 0.1) is 19.3 Å². The SMILES string of the molecule is CCCNc1ccc2c(ccn2C2COC2)c1. The molecule has 0 unspecified atom stereocenters. The number of benzene rings is 1. The van der Waals surface area contributed by atoms with Gasteiger partial charge in [0.25, 0.3) is 0 Å². The number of rotatable bonds is 4. The van der Waals surface area contributed by atoms with E-state index in [4.69, 9.17) is 4.74 Å². The predicted molar refractivity (Wildman–Crippen MR) is 70.6 cm³/mol. The maximum atomic E-state index is 5.25. The molecule has 3 rings (SSSR count). The van der Waals surface area contributed by atoms with Gasteiger partial charge in [0, 0.05) is 29.3 Å². The lowest BCUT2D eigenvalue weighted by Gasteiger charge is -2.28. The van der Waals surface area contributed by atoms with E-state index in [1.807, 2.05) is 0 Å². The molecule has 0 amide bonds. The lowest BCUT2D eigenvalue weighted by molar-refractivity contribution is -0.0213. The Morgan fingerprint density at radius 2 is 2.24 bits per heavy atom. The van der Waals surface area contributed by atoms with Crippen molar-refractivity contribution in [1.82, 2.24) is 4.57 Å². The molecule has 2 aromatic rings. The van der Waals surface area contributed by atoms with Crippen LogP contribution in [-0.4, -0.2) is 24.3 Å². The summed E-state index contributed by atoms with van der Waals surface area (Å²) in [5, 5.41) is 4.72. The minimum absolute atomic E-state index is 0.530. The van der Waals surface area contributed by atoms with Crippen molar-refractivity contribution >= 4 is 16.6 Å². The summed E-state index contributed by atoms with van der Waals surface area (Å²) in [6, 6.07) is 9.30. The first-order valence-electron chi connectivity index (χ1n) is 6.30. The van der Waals surface area contributed by atoms with Gasteiger partial charge in [0.2, 0.25) is 0 Å². The van der Waals surface area contributed by atoms with Crippen LogP contribution in [0.5, 0.6) is 0 Å². The Bertz CT molecular complexity index is 514. The van der Waals surface area contributed by atoms with Gasteiger partial charge < -0.3 is 14.6 Å². The van der Waals surface area contributed by atoms with Crippen molar-refractivity contribution in [3.05, 3.63) is 30.5 Å². The summed E-state index contributed by atoms with van der Waals surface area (Å²) in [6.07, 6.45) is 3.32. The Kier molecular flexibility index (Phi) is 2.77. The zero-order valence-electron chi connectivity index (χ0n) is 10.1. The molecule has 2 heterocycles. The normalized spacial score (nSPS) is 16.1. The smallest absolute Gasteiger partial charge is 0.0803 e. The van der Waals surface area contributed by atoms with Gasteiger partial charge >= 0.3 is 0 Å². The van der Waals surface area contributed by atoms with E-state index in [0.717, 1.165) is 26.2 Å². The molecular weight excluding hydrogens is 212 g/mol. The summed E-state index contributed by atoms with van der Waals surface area (Å²) in [5.41, 5.74) is 2.52. The first kappa shape index (κ1) is 10.7. The largest absolute Gasteiger partial charge is 0.385 e. The first-order valence-corrected chi connectivity index (χ1v) is 6.30. The average Bonchev–Trinajstić information content (AvgIpc) is 2.68. The average molecular weight is 230 g/mol. The fourth-order valence-electron chi connectivity index (χ4n) is 2.25. The monoisotopic (exact) mass is 230 g/mol. The second-order valence-corrected chi connectivity index (χ2v) is 4.61. The number of fused-ring (bicyclic) bond motifs is 1. The van der Waals surface area contributed by atoms with Crippen LogP contribution in [0.3, 0.4) is 0 Å². The van der Waals surface area contributed by atoms with Gasteiger partial charge in [-0.3, -0.25) is 0 Å². The Balaban J connectivity index is 1.90. The van der Waals surface area contributed by atoms with E-state index in [2.05, 4.69) is 47.3 Å². The fourth-order valence-corrected chi connectivity index (χ4v) is 2.25. The minimum atomic E-state index is 0.530. The maximum Gasteiger partial charge on any atom is 0.0803 e. The van der Waals surface area contributed by atoms with Gasteiger partial charge in [-0.05, 0) is 30.7 Å². The van der Waals surface area contributed by atoms with Crippen LogP contribution >= 0.6 is 0 Å². The molecule has 3 nitrogen and oxygen atoms in total. The number of aromatic nitrogens is 1. The number of hydrogen-bond acceptors (Lipinski definition) is 2. The molecule has 1 N–H and O–H groups in total. The lowest BCUT2D eigenvalue weighted by Crippen LogP contribution is -2.29. The van der Waals surface area contributed by atoms with Gasteiger partial charge in [-0.2, -0.15) is 0 Å². The van der Waals surface area contributed by atoms with Crippen molar-refractivity contribution in [1.29, 1.82) is 0 Å². The molecule has 1 saturated heterocycles. The summed E-state index contributed by atoms with van der Waals surface area (Å²) in [5.74, 6) is 0. The highest BCUT2D eigenvalue weighted by atomic mass is 16.5. The number of ether oxygens (including phenoxy) is 1. The van der Waals surface area contributed by atoms with Gasteiger partial charge in [0.1, 0.15) is 0 Å². The van der Waals surface area contributed by atoms with Crippen LogP contribution in [0.2, 0.25) is 0 Å². The van der Waals surface area contributed by atoms with E-state index in [1.165, 1.54) is 16.6 Å². The molecule has 0 spiro atoms. The van der Waals surface area contributed by atoms with E-state index in [9.17, 15) is 0 Å². The van der Waals surface area contributed by atoms with Crippen LogP contribution in [0, 0.1) is 0 Å². The van der Waals surface area contributed by atoms with Gasteiger partial charge in [-0.25, -0.2) is 0 Å². The van der Waals surface area contributed by atoms with Crippen LogP contribution in [0.4, 0.5) is 5.69 Å². The van der Waals surface area contributed by atoms with Crippen molar-refractivity contribution in [2.24, 2.45) is 0 Å². The molecule has 1 aliphatic heterocycles. The molecular formula is C14H18N2O. The molecule has 1 aromatic carbocycles. The molecule has 0 radical (unpaired) electrons. The number of nitrogens with zero attached hydrogens (tertiary/aromatic N) is 1. The number of nitrogens with one attached hydrogen (secondary N) is 1. The van der Waals surface area contributed by atoms with E-state index in [0.29, 0.717) is 6.04 Å². The second kappa shape index (κ2) is 4.41. The molecule has 0 atom stereocenters. The van der Waals surface area contributed by atoms with Crippen molar-refractivity contribution in [2.75, 3.05) is 25.1 Å². The Hall–Kier alpha value is -1.48. The van der Waals surface area contributed by atoms with E-state index >= 15 is 0 Å². The molecule has 90 valence electrons. The highest BCUT2D eigenvalue weighted by molar-refractivity contribution is 5.84. The quantitative estimate of drug-likeness (QED) is 0.873. The van der Waals surface area contributed by atoms with Gasteiger partial charge in [0.15, 0.2) is 0 Å². The molecule has 0 saturated carbocycles. The summed E-state index contributed by atoms with van der Waals surface area (Å²) in [4.78, 5) is 0. The lowest BCUT2D eigenvalue weighted by atomic mass is 10.2. The molecule has 1 aromatic heterocycles. The summed E-state index contributed by atoms with van der Waals surface area (Å²) in [6.45, 7) is 4.90. The van der Waals surface area contributed by atoms with Crippen molar-refractivity contribution in [3.8, 4) is 0 Å². The molecule has 1 fully saturated rings. The fraction of sp³-hybridized carbons (Fsp3) is 0.429. The molecule has 0 aliphatic carbocycles. The summed E-state index contributed by atoms with van der Waals surface area (Å²) < 4.78 is 7.57. The van der Waals surface area contributed by atoms with Crippen molar-refractivity contribution in [2.45, 2.75) is 19.4 Å². The van der Waals surface area contributed by atoms with Gasteiger partial charge in [-0.15, -0.1) is 0 Å². The maximum absolute atomic E-state index is 5.25. The van der Waals surface area contributed by atoms with E-state index in [1.54, 1.807) is 0 Å². The van der Waals surface area contributed by atoms with Gasteiger partial charge in [-0.1, -0.05) is 6.92 Å². The van der Waals surface area contributed by atoms with Crippen LogP contribution < -0.4 is 5.32 Å². The van der Waals surface area contributed by atoms with Crippen LogP contribution in [0.15, 0.2) is 30.5 Å². The third-order valence-corrected chi connectivity index (χ3v) is 3.31. The summed E-state index contributed by atoms with van der Waals surface area (Å²) >= 11 is 0. The molecule has 0 bridgehead atoms. The zero-order chi connectivity index (χ0) is 11.7. The van der Waals surface area contributed by atoms with Crippen LogP contribution in [0.1, 0.15) is 19.4 Å². The van der Waals surface area contributed by atoms with Crippen LogP contribution in [0.25, 0.3) is 10.9 Å². The topological polar surface area (TPSA) is 26.2 Å². The highest BCUT2D eigenvalue weighted by Gasteiger charge is 2.21. The van der Waals surface area contributed by atoms with E-state index in [-0.39, 0.29) is 0 Å². The Morgan fingerprint density at radius 1 is 1.35 bits per heavy atom. The Labute approximate surface area is 101 Å². The number of anilines is 1. The zero-order valence-corrected chi connectivity index (χ0v) is 10.1. The molecule has 3 heteroatoms. The van der Waals surface area contributed by atoms with E-state index < -0.39 is 0 Å². The van der Waals surface area contributed by atoms with Crippen molar-refractivity contribution in [3.63, 3.8) is 0 Å². The summed E-state index contributed by atoms with van der Waals surface area (Å²) in [7, 11) is 0. The Morgan fingerprint density at radius 3 is 2.94 bits per heavy atom. The van der Waals surface area contributed by atoms with Crippen molar-refractivity contribution < 1.29 is 4.74 Å². The standard InChI is InChI=1S/C14H18N2O/c1-2-6-15-12-3-4-14-11(8-12)5-7-16(14)13-9-17-10-13/h3-5,7-8,13,15H,2,6,9-10H2,1H3. The third kappa shape index (κ3) is 1.91. The molecule has 17 heavy (non-hydrogen) atoms. The second-order valence-electron chi connectivity index (χ2n) is 4.61. The number of hydrogen-bond donors (Lipinski definition) is 1. The van der Waals surface area contributed by atoms with Crippen LogP contribution in [-0.2, 0) is 4.74 Å². The minimum Gasteiger partial charge on any atom is -0.385 e. The molecule has 1 aliphatic rings. The predicted octanol–water partition coefficient (Wildman–Crippen LogP) is 3.03.